The van der Waals surface area contributed by atoms with E-state index in [0.29, 0.717) is 11.8 Å². The summed E-state index contributed by atoms with van der Waals surface area (Å²) in [6, 6.07) is 0.752. The Kier molecular flexibility index (Phi) is 2.43. The minimum Gasteiger partial charge on any atom is -0.355 e. The average molecular weight is 208 g/mol. The number of carbonyl (C=O) groups excluding carboxylic acids is 1. The average Bonchev–Trinajstić information content (AvgIpc) is 3.14. The molecule has 0 heterocycles. The Bertz CT molecular complexity index is 252. The maximum atomic E-state index is 11.7. The van der Waals surface area contributed by atoms with Crippen LogP contribution in [0.4, 0.5) is 0 Å². The Balaban J connectivity index is 1.31. The molecule has 2 unspecified atom stereocenters. The number of rotatable bonds is 5. The van der Waals surface area contributed by atoms with E-state index in [-0.39, 0.29) is 0 Å². The largest absolute Gasteiger partial charge is 0.355 e. The van der Waals surface area contributed by atoms with Crippen molar-refractivity contribution in [3.63, 3.8) is 0 Å². The van der Waals surface area contributed by atoms with Crippen LogP contribution in [0.3, 0.4) is 0 Å². The molecule has 3 rings (SSSR count). The van der Waals surface area contributed by atoms with Crippen LogP contribution < -0.4 is 10.6 Å². The van der Waals surface area contributed by atoms with Gasteiger partial charge in [0.25, 0.3) is 0 Å². The fourth-order valence-electron chi connectivity index (χ4n) is 3.08. The number of amides is 1. The van der Waals surface area contributed by atoms with Gasteiger partial charge in [-0.15, -0.1) is 0 Å². The Labute approximate surface area is 91.0 Å². The highest BCUT2D eigenvalue weighted by Crippen LogP contribution is 2.57. The third-order valence-corrected chi connectivity index (χ3v) is 4.14. The van der Waals surface area contributed by atoms with E-state index in [1.54, 1.807) is 0 Å². The molecule has 0 spiro atoms. The van der Waals surface area contributed by atoms with E-state index in [9.17, 15) is 4.79 Å². The van der Waals surface area contributed by atoms with E-state index in [0.717, 1.165) is 31.0 Å². The fraction of sp³-hybridized carbons (Fsp3) is 0.917. The molecule has 0 aromatic heterocycles. The van der Waals surface area contributed by atoms with Gasteiger partial charge >= 0.3 is 0 Å². The molecular weight excluding hydrogens is 188 g/mol. The molecule has 0 aromatic rings. The maximum Gasteiger partial charge on any atom is 0.223 e. The van der Waals surface area contributed by atoms with Crippen molar-refractivity contribution in [3.8, 4) is 0 Å². The van der Waals surface area contributed by atoms with Gasteiger partial charge < -0.3 is 10.6 Å². The van der Waals surface area contributed by atoms with E-state index >= 15 is 0 Å². The predicted molar refractivity (Wildman–Crippen MR) is 58.4 cm³/mol. The zero-order valence-electron chi connectivity index (χ0n) is 9.17. The van der Waals surface area contributed by atoms with Gasteiger partial charge in [-0.3, -0.25) is 4.79 Å². The minimum absolute atomic E-state index is 0.322. The number of carbonyl (C=O) groups is 1. The molecule has 3 saturated carbocycles. The smallest absolute Gasteiger partial charge is 0.223 e. The number of nitrogens with one attached hydrogen (secondary N) is 2. The summed E-state index contributed by atoms with van der Waals surface area (Å²) in [7, 11) is 0. The van der Waals surface area contributed by atoms with Gasteiger partial charge in [-0.1, -0.05) is 6.42 Å². The highest BCUT2D eigenvalue weighted by Gasteiger charge is 2.56. The molecule has 1 amide bonds. The van der Waals surface area contributed by atoms with E-state index in [4.69, 9.17) is 0 Å². The van der Waals surface area contributed by atoms with Crippen molar-refractivity contribution in [2.24, 2.45) is 17.8 Å². The molecule has 3 aliphatic rings. The second-order valence-corrected chi connectivity index (χ2v) is 5.30. The minimum atomic E-state index is 0.322. The van der Waals surface area contributed by atoms with Gasteiger partial charge in [0.15, 0.2) is 0 Å². The number of hydrogen-bond donors (Lipinski definition) is 2. The maximum absolute atomic E-state index is 11.7. The molecule has 3 fully saturated rings. The molecule has 3 aliphatic carbocycles. The van der Waals surface area contributed by atoms with Gasteiger partial charge in [-0.25, -0.2) is 0 Å². The summed E-state index contributed by atoms with van der Waals surface area (Å²) in [5.74, 6) is 2.21. The van der Waals surface area contributed by atoms with Gasteiger partial charge in [0, 0.05) is 25.0 Å². The van der Waals surface area contributed by atoms with E-state index in [2.05, 4.69) is 10.6 Å². The normalized spacial score (nSPS) is 37.5. The van der Waals surface area contributed by atoms with E-state index in [1.165, 1.54) is 32.1 Å². The second kappa shape index (κ2) is 3.78. The SMILES string of the molecule is O=C(NCCNC1CC1)C1C2CCCC21. The van der Waals surface area contributed by atoms with Gasteiger partial charge in [-0.05, 0) is 37.5 Å². The number of hydrogen-bond acceptors (Lipinski definition) is 2. The predicted octanol–water partition coefficient (Wildman–Crippen LogP) is 0.901. The lowest BCUT2D eigenvalue weighted by molar-refractivity contribution is -0.123. The first-order chi connectivity index (χ1) is 7.36. The Morgan fingerprint density at radius 1 is 1.07 bits per heavy atom. The van der Waals surface area contributed by atoms with Crippen LogP contribution in [-0.4, -0.2) is 25.0 Å². The molecule has 0 radical (unpaired) electrons. The van der Waals surface area contributed by atoms with Crippen molar-refractivity contribution in [1.29, 1.82) is 0 Å². The molecule has 84 valence electrons. The summed E-state index contributed by atoms with van der Waals surface area (Å²) in [5.41, 5.74) is 0. The topological polar surface area (TPSA) is 41.1 Å². The van der Waals surface area contributed by atoms with E-state index in [1.807, 2.05) is 0 Å². The molecule has 0 aliphatic heterocycles. The Morgan fingerprint density at radius 3 is 2.47 bits per heavy atom. The first-order valence-electron chi connectivity index (χ1n) is 6.37. The van der Waals surface area contributed by atoms with Crippen molar-refractivity contribution < 1.29 is 4.79 Å². The summed E-state index contributed by atoms with van der Waals surface area (Å²) in [6.07, 6.45) is 6.58. The van der Waals surface area contributed by atoms with Crippen molar-refractivity contribution >= 4 is 5.91 Å². The van der Waals surface area contributed by atoms with E-state index < -0.39 is 0 Å². The lowest BCUT2D eigenvalue weighted by Gasteiger charge is -2.07. The molecular formula is C12H20N2O. The first kappa shape index (κ1) is 9.64. The summed E-state index contributed by atoms with van der Waals surface area (Å²) in [5, 5.41) is 6.46. The lowest BCUT2D eigenvalue weighted by Crippen LogP contribution is -2.34. The van der Waals surface area contributed by atoms with Crippen molar-refractivity contribution in [2.75, 3.05) is 13.1 Å². The second-order valence-electron chi connectivity index (χ2n) is 5.30. The third kappa shape index (κ3) is 2.03. The summed E-state index contributed by atoms with van der Waals surface area (Å²) < 4.78 is 0. The van der Waals surface area contributed by atoms with Crippen LogP contribution in [0.15, 0.2) is 0 Å². The van der Waals surface area contributed by atoms with Gasteiger partial charge in [0.2, 0.25) is 5.91 Å². The van der Waals surface area contributed by atoms with Crippen molar-refractivity contribution in [1.82, 2.24) is 10.6 Å². The van der Waals surface area contributed by atoms with Crippen LogP contribution >= 0.6 is 0 Å². The first-order valence-corrected chi connectivity index (χ1v) is 6.37. The van der Waals surface area contributed by atoms with Crippen molar-refractivity contribution in [2.45, 2.75) is 38.1 Å². The van der Waals surface area contributed by atoms with Crippen LogP contribution in [0, 0.1) is 17.8 Å². The van der Waals surface area contributed by atoms with Crippen LogP contribution in [0.5, 0.6) is 0 Å². The van der Waals surface area contributed by atoms with Crippen LogP contribution in [0.1, 0.15) is 32.1 Å². The van der Waals surface area contributed by atoms with Crippen molar-refractivity contribution in [3.05, 3.63) is 0 Å². The zero-order chi connectivity index (χ0) is 10.3. The standard InChI is InChI=1S/C12H20N2O/c15-12(11-9-2-1-3-10(9)11)14-7-6-13-8-4-5-8/h8-11,13H,1-7H2,(H,14,15). The summed E-state index contributed by atoms with van der Waals surface area (Å²) in [6.45, 7) is 1.75. The molecule has 0 aromatic carbocycles. The molecule has 2 N–H and O–H groups in total. The molecule has 0 saturated heterocycles. The molecule has 15 heavy (non-hydrogen) atoms. The summed E-state index contributed by atoms with van der Waals surface area (Å²) in [4.78, 5) is 11.7. The Morgan fingerprint density at radius 2 is 1.80 bits per heavy atom. The molecule has 3 heteroatoms. The van der Waals surface area contributed by atoms with Gasteiger partial charge in [-0.2, -0.15) is 0 Å². The highest BCUT2D eigenvalue weighted by atomic mass is 16.2. The van der Waals surface area contributed by atoms with Gasteiger partial charge in [0.05, 0.1) is 0 Å². The molecule has 2 atom stereocenters. The van der Waals surface area contributed by atoms with Gasteiger partial charge in [0.1, 0.15) is 0 Å². The lowest BCUT2D eigenvalue weighted by atomic mass is 10.1. The quantitative estimate of drug-likeness (QED) is 0.659. The molecule has 0 bridgehead atoms. The summed E-state index contributed by atoms with van der Waals surface area (Å²) >= 11 is 0. The highest BCUT2D eigenvalue weighted by molar-refractivity contribution is 5.82. The number of fused-ring (bicyclic) bond motifs is 1. The zero-order valence-corrected chi connectivity index (χ0v) is 9.17. The fourth-order valence-corrected chi connectivity index (χ4v) is 3.08. The van der Waals surface area contributed by atoms with Crippen LogP contribution in [0.2, 0.25) is 0 Å². The van der Waals surface area contributed by atoms with Crippen LogP contribution in [0.25, 0.3) is 0 Å². The third-order valence-electron chi connectivity index (χ3n) is 4.14. The molecule has 3 nitrogen and oxygen atoms in total. The monoisotopic (exact) mass is 208 g/mol. The Hall–Kier alpha value is -0.570. The van der Waals surface area contributed by atoms with Crippen LogP contribution in [-0.2, 0) is 4.79 Å².